The average Bonchev–Trinajstić information content (AvgIpc) is 3.61. The number of anilines is 1. The maximum Gasteiger partial charge on any atom is 0.393 e. The Morgan fingerprint density at radius 2 is 1.85 bits per heavy atom. The van der Waals surface area contributed by atoms with Crippen molar-refractivity contribution < 1.29 is 40.9 Å². The molecular weight excluding hydrogens is 633 g/mol. The van der Waals surface area contributed by atoms with Crippen LogP contribution in [0.5, 0.6) is 0 Å². The first-order chi connectivity index (χ1) is 22.4. The Bertz CT molecular complexity index is 1630. The second kappa shape index (κ2) is 12.2. The van der Waals surface area contributed by atoms with Crippen molar-refractivity contribution in [3.05, 3.63) is 29.0 Å². The van der Waals surface area contributed by atoms with Gasteiger partial charge in [0, 0.05) is 50.7 Å². The summed E-state index contributed by atoms with van der Waals surface area (Å²) < 4.78 is 80.7. The molecule has 3 atom stereocenters. The summed E-state index contributed by atoms with van der Waals surface area (Å²) in [5, 5.41) is 17.7. The number of imidazole rings is 1. The van der Waals surface area contributed by atoms with E-state index in [2.05, 4.69) is 31.0 Å². The highest BCUT2D eigenvalue weighted by atomic mass is 19.4. The van der Waals surface area contributed by atoms with Crippen molar-refractivity contribution in [2.45, 2.75) is 75.4 Å². The van der Waals surface area contributed by atoms with Gasteiger partial charge < -0.3 is 20.3 Å². The molecule has 0 aromatic carbocycles. The van der Waals surface area contributed by atoms with Gasteiger partial charge >= 0.3 is 6.18 Å². The first kappa shape index (κ1) is 31.6. The highest BCUT2D eigenvalue weighted by molar-refractivity contribution is 5.93. The molecule has 0 radical (unpaired) electrons. The number of ether oxygens (including phenoxy) is 1. The zero-order valence-corrected chi connectivity index (χ0v) is 25.3. The Morgan fingerprint density at radius 3 is 2.55 bits per heavy atom. The van der Waals surface area contributed by atoms with Crippen molar-refractivity contribution in [3.63, 3.8) is 0 Å². The number of piperidine rings is 1. The lowest BCUT2D eigenvalue weighted by Gasteiger charge is -2.33. The zero-order chi connectivity index (χ0) is 32.9. The molecule has 2 saturated heterocycles. The molecule has 18 heteroatoms. The van der Waals surface area contributed by atoms with E-state index in [-0.39, 0.29) is 55.9 Å². The Morgan fingerprint density at radius 1 is 1.11 bits per heavy atom. The molecule has 7 rings (SSSR count). The number of amides is 2. The van der Waals surface area contributed by atoms with E-state index in [4.69, 9.17) is 14.3 Å². The predicted molar refractivity (Wildman–Crippen MR) is 152 cm³/mol. The fourth-order valence-electron chi connectivity index (χ4n) is 6.75. The number of halogens is 5. The molecule has 2 N–H and O–H groups in total. The third-order valence-corrected chi connectivity index (χ3v) is 9.59. The molecule has 254 valence electrons. The van der Waals surface area contributed by atoms with E-state index < -0.39 is 54.3 Å². The number of hydrogen-bond donors (Lipinski definition) is 2. The zero-order valence-electron chi connectivity index (χ0n) is 25.3. The van der Waals surface area contributed by atoms with Gasteiger partial charge in [-0.05, 0) is 43.2 Å². The van der Waals surface area contributed by atoms with Crippen molar-refractivity contribution in [2.24, 2.45) is 17.8 Å². The van der Waals surface area contributed by atoms with Crippen molar-refractivity contribution in [1.82, 2.24) is 40.5 Å². The van der Waals surface area contributed by atoms with E-state index in [1.807, 2.05) is 4.90 Å². The SMILES string of the molecule is O=C(NC(c1cn2nc(CC3CC(C(F)(F)F)CNC3=O)c(N3CCOCC3)nc2n1)C1CCC(F)(F)CC1)c1nonc1C1CC1. The van der Waals surface area contributed by atoms with Crippen molar-refractivity contribution in [1.29, 1.82) is 0 Å². The minimum Gasteiger partial charge on any atom is -0.378 e. The molecule has 5 heterocycles. The van der Waals surface area contributed by atoms with Crippen molar-refractivity contribution in [2.75, 3.05) is 37.7 Å². The van der Waals surface area contributed by atoms with E-state index in [0.717, 1.165) is 12.8 Å². The number of fused-ring (bicyclic) bond motifs is 1. The van der Waals surface area contributed by atoms with E-state index >= 15 is 0 Å². The largest absolute Gasteiger partial charge is 0.393 e. The number of aromatic nitrogens is 6. The van der Waals surface area contributed by atoms with Crippen LogP contribution >= 0.6 is 0 Å². The molecule has 2 aliphatic carbocycles. The molecule has 3 aromatic heterocycles. The summed E-state index contributed by atoms with van der Waals surface area (Å²) in [5.41, 5.74) is 1.13. The van der Waals surface area contributed by atoms with Gasteiger partial charge in [0.2, 0.25) is 11.8 Å². The number of morpholine rings is 1. The predicted octanol–water partition coefficient (Wildman–Crippen LogP) is 3.38. The number of carbonyl (C=O) groups is 2. The van der Waals surface area contributed by atoms with E-state index in [9.17, 15) is 31.5 Å². The standard InChI is InChI=1S/C29H34F5N9O4/c30-28(31)5-3-16(4-6-28)21(37-26(45)23-22(15-1-2-15)40-47-41-23)20-14-43-27(36-20)38-24(42-7-9-46-10-8-42)19(39-43)12-17-11-18(29(32,33)34)13-35-25(17)44/h14-18,21H,1-13H2,(H,35,44)(H,37,45). The smallest absolute Gasteiger partial charge is 0.378 e. The Balaban J connectivity index is 1.23. The number of hydrogen-bond acceptors (Lipinski definition) is 10. The lowest BCUT2D eigenvalue weighted by molar-refractivity contribution is -0.183. The monoisotopic (exact) mass is 667 g/mol. The van der Waals surface area contributed by atoms with Crippen molar-refractivity contribution in [3.8, 4) is 0 Å². The van der Waals surface area contributed by atoms with Gasteiger partial charge in [-0.25, -0.2) is 22.9 Å². The molecule has 4 aliphatic rings. The van der Waals surface area contributed by atoms with E-state index in [0.29, 0.717) is 49.2 Å². The summed E-state index contributed by atoms with van der Waals surface area (Å²) in [5.74, 6) is -6.32. The molecule has 3 aromatic rings. The number of nitrogens with one attached hydrogen (secondary N) is 2. The van der Waals surface area contributed by atoms with Crippen LogP contribution in [0.1, 0.15) is 84.5 Å². The molecule has 47 heavy (non-hydrogen) atoms. The number of nitrogens with zero attached hydrogens (tertiary/aromatic N) is 7. The molecule has 0 spiro atoms. The average molecular weight is 668 g/mol. The highest BCUT2D eigenvalue weighted by Crippen LogP contribution is 2.43. The van der Waals surface area contributed by atoms with Gasteiger partial charge in [-0.3, -0.25) is 9.59 Å². The molecular formula is C29H34F5N9O4. The van der Waals surface area contributed by atoms with Gasteiger partial charge in [-0.2, -0.15) is 23.3 Å². The maximum atomic E-state index is 14.2. The van der Waals surface area contributed by atoms with Gasteiger partial charge in [0.15, 0.2) is 11.5 Å². The molecule has 2 aliphatic heterocycles. The van der Waals surface area contributed by atoms with E-state index in [1.165, 1.54) is 10.7 Å². The lowest BCUT2D eigenvalue weighted by atomic mass is 9.81. The minimum absolute atomic E-state index is 0.0402. The van der Waals surface area contributed by atoms with Gasteiger partial charge in [-0.15, -0.1) is 0 Å². The molecule has 2 amide bonds. The number of carbonyl (C=O) groups excluding carboxylic acids is 2. The van der Waals surface area contributed by atoms with Crippen LogP contribution in [0.4, 0.5) is 27.8 Å². The Hall–Kier alpha value is -3.96. The van der Waals surface area contributed by atoms with Gasteiger partial charge in [0.1, 0.15) is 11.4 Å². The quantitative estimate of drug-likeness (QED) is 0.342. The van der Waals surface area contributed by atoms with Gasteiger partial charge in [-0.1, -0.05) is 5.16 Å². The van der Waals surface area contributed by atoms with Crippen LogP contribution in [0.15, 0.2) is 10.8 Å². The van der Waals surface area contributed by atoms with Crippen LogP contribution in [-0.2, 0) is 16.0 Å². The first-order valence-electron chi connectivity index (χ1n) is 15.9. The molecule has 4 fully saturated rings. The van der Waals surface area contributed by atoms with Crippen LogP contribution in [-0.4, -0.2) is 86.7 Å². The van der Waals surface area contributed by atoms with E-state index in [1.54, 1.807) is 0 Å². The number of rotatable bonds is 8. The lowest BCUT2D eigenvalue weighted by Crippen LogP contribution is -2.47. The van der Waals surface area contributed by atoms with Crippen LogP contribution in [0.3, 0.4) is 0 Å². The van der Waals surface area contributed by atoms with Crippen LogP contribution in [0.2, 0.25) is 0 Å². The second-order valence-corrected chi connectivity index (χ2v) is 12.9. The highest BCUT2D eigenvalue weighted by Gasteiger charge is 2.45. The van der Waals surface area contributed by atoms with Gasteiger partial charge in [0.05, 0.1) is 37.1 Å². The molecule has 3 unspecified atom stereocenters. The van der Waals surface area contributed by atoms with Crippen LogP contribution < -0.4 is 15.5 Å². The summed E-state index contributed by atoms with van der Waals surface area (Å²) in [6.07, 6.45) is -2.14. The van der Waals surface area contributed by atoms with Crippen LogP contribution in [0.25, 0.3) is 5.78 Å². The normalized spacial score (nSPS) is 24.7. The number of alkyl halides is 5. The summed E-state index contributed by atoms with van der Waals surface area (Å²) >= 11 is 0. The molecule has 2 saturated carbocycles. The summed E-state index contributed by atoms with van der Waals surface area (Å²) in [4.78, 5) is 37.5. The Labute approximate surface area is 264 Å². The molecule has 0 bridgehead atoms. The van der Waals surface area contributed by atoms with Crippen LogP contribution in [0, 0.1) is 17.8 Å². The Kier molecular flexibility index (Phi) is 8.24. The fourth-order valence-corrected chi connectivity index (χ4v) is 6.75. The maximum absolute atomic E-state index is 14.2. The second-order valence-electron chi connectivity index (χ2n) is 12.9. The minimum atomic E-state index is -4.46. The summed E-state index contributed by atoms with van der Waals surface area (Å²) in [7, 11) is 0. The topological polar surface area (TPSA) is 153 Å². The fraction of sp³-hybridized carbons (Fsp3) is 0.690. The summed E-state index contributed by atoms with van der Waals surface area (Å²) in [6, 6.07) is -0.808. The summed E-state index contributed by atoms with van der Waals surface area (Å²) in [6.45, 7) is 1.20. The third kappa shape index (κ3) is 6.73. The first-order valence-corrected chi connectivity index (χ1v) is 15.9. The third-order valence-electron chi connectivity index (χ3n) is 9.59. The van der Waals surface area contributed by atoms with Crippen molar-refractivity contribution >= 4 is 23.4 Å². The molecule has 13 nitrogen and oxygen atoms in total. The van der Waals surface area contributed by atoms with Gasteiger partial charge in [0.25, 0.3) is 11.7 Å².